The molecule has 0 spiro atoms. The maximum absolute atomic E-state index is 11.7. The summed E-state index contributed by atoms with van der Waals surface area (Å²) in [6.45, 7) is 5.28. The molecule has 0 aromatic carbocycles. The quantitative estimate of drug-likeness (QED) is 0.634. The van der Waals surface area contributed by atoms with E-state index in [4.69, 9.17) is 0 Å². The van der Waals surface area contributed by atoms with Crippen molar-refractivity contribution in [3.05, 3.63) is 0 Å². The standard InChI is InChI=1S/C11H21N3O3/c1-3-12-11(17)13-10(16)8(2)14-6-4-5-9(15)7-14/h8-9,15H,3-7H2,1-2H3,(H2,12,13,16,17)/t8?,9-/m0/s1. The van der Waals surface area contributed by atoms with Crippen molar-refractivity contribution in [1.82, 2.24) is 15.5 Å². The van der Waals surface area contributed by atoms with Crippen molar-refractivity contribution in [3.63, 3.8) is 0 Å². The van der Waals surface area contributed by atoms with Crippen molar-refractivity contribution in [2.75, 3.05) is 19.6 Å². The Morgan fingerprint density at radius 2 is 2.24 bits per heavy atom. The highest BCUT2D eigenvalue weighted by Gasteiger charge is 2.27. The number of aliphatic hydroxyl groups excluding tert-OH is 1. The number of hydrogen-bond donors (Lipinski definition) is 3. The summed E-state index contributed by atoms with van der Waals surface area (Å²) in [6.07, 6.45) is 1.28. The Hall–Kier alpha value is -1.14. The maximum atomic E-state index is 11.7. The first kappa shape index (κ1) is 13.9. The number of nitrogens with one attached hydrogen (secondary N) is 2. The molecular weight excluding hydrogens is 222 g/mol. The van der Waals surface area contributed by atoms with Crippen LogP contribution in [0.1, 0.15) is 26.7 Å². The zero-order valence-corrected chi connectivity index (χ0v) is 10.4. The van der Waals surface area contributed by atoms with Crippen LogP contribution in [0.5, 0.6) is 0 Å². The van der Waals surface area contributed by atoms with Crippen molar-refractivity contribution in [3.8, 4) is 0 Å². The molecule has 3 amide bonds. The number of urea groups is 1. The molecule has 1 rings (SSSR count). The lowest BCUT2D eigenvalue weighted by molar-refractivity contribution is -0.125. The number of β-amino-alcohol motifs (C(OH)–C–C–N with tert-alkyl or cyclic N) is 1. The van der Waals surface area contributed by atoms with Crippen LogP contribution in [-0.4, -0.2) is 53.7 Å². The summed E-state index contributed by atoms with van der Waals surface area (Å²) in [6, 6.07) is -0.866. The van der Waals surface area contributed by atoms with Gasteiger partial charge in [0, 0.05) is 13.1 Å². The van der Waals surface area contributed by atoms with E-state index in [0.717, 1.165) is 19.4 Å². The van der Waals surface area contributed by atoms with Gasteiger partial charge >= 0.3 is 6.03 Å². The fraction of sp³-hybridized carbons (Fsp3) is 0.818. The fourth-order valence-electron chi connectivity index (χ4n) is 1.92. The van der Waals surface area contributed by atoms with Crippen LogP contribution in [0.3, 0.4) is 0 Å². The van der Waals surface area contributed by atoms with Gasteiger partial charge in [-0.1, -0.05) is 0 Å². The SMILES string of the molecule is CCNC(=O)NC(=O)C(C)N1CCC[C@H](O)C1. The summed E-state index contributed by atoms with van der Waals surface area (Å²) in [7, 11) is 0. The van der Waals surface area contributed by atoms with Gasteiger partial charge in [-0.05, 0) is 33.2 Å². The molecule has 1 aliphatic heterocycles. The Bertz CT molecular complexity index is 283. The van der Waals surface area contributed by atoms with Crippen LogP contribution < -0.4 is 10.6 Å². The molecule has 1 fully saturated rings. The number of hydrogen-bond acceptors (Lipinski definition) is 4. The van der Waals surface area contributed by atoms with Gasteiger partial charge < -0.3 is 10.4 Å². The highest BCUT2D eigenvalue weighted by atomic mass is 16.3. The van der Waals surface area contributed by atoms with Gasteiger partial charge in [0.2, 0.25) is 5.91 Å². The second-order valence-electron chi connectivity index (χ2n) is 4.32. The number of imide groups is 1. The van der Waals surface area contributed by atoms with E-state index < -0.39 is 12.1 Å². The Balaban J connectivity index is 2.42. The maximum Gasteiger partial charge on any atom is 0.321 e. The summed E-state index contributed by atoms with van der Waals surface area (Å²) in [5, 5.41) is 14.3. The van der Waals surface area contributed by atoms with E-state index in [1.165, 1.54) is 0 Å². The lowest BCUT2D eigenvalue weighted by Crippen LogP contribution is -2.52. The Morgan fingerprint density at radius 3 is 2.82 bits per heavy atom. The van der Waals surface area contributed by atoms with Crippen molar-refractivity contribution < 1.29 is 14.7 Å². The van der Waals surface area contributed by atoms with Gasteiger partial charge in [0.25, 0.3) is 0 Å². The van der Waals surface area contributed by atoms with Crippen LogP contribution in [0.4, 0.5) is 4.79 Å². The lowest BCUT2D eigenvalue weighted by atomic mass is 10.1. The van der Waals surface area contributed by atoms with Gasteiger partial charge in [0.1, 0.15) is 0 Å². The molecule has 6 heteroatoms. The lowest BCUT2D eigenvalue weighted by Gasteiger charge is -2.33. The third-order valence-corrected chi connectivity index (χ3v) is 2.93. The average Bonchev–Trinajstić information content (AvgIpc) is 2.28. The smallest absolute Gasteiger partial charge is 0.321 e. The van der Waals surface area contributed by atoms with Crippen molar-refractivity contribution >= 4 is 11.9 Å². The molecule has 1 unspecified atom stereocenters. The van der Waals surface area contributed by atoms with Crippen molar-refractivity contribution in [2.24, 2.45) is 0 Å². The number of likely N-dealkylation sites (tertiary alicyclic amines) is 1. The molecule has 0 radical (unpaired) electrons. The van der Waals surface area contributed by atoms with Crippen LogP contribution in [-0.2, 0) is 4.79 Å². The second-order valence-corrected chi connectivity index (χ2v) is 4.32. The van der Waals surface area contributed by atoms with Gasteiger partial charge in [-0.25, -0.2) is 4.79 Å². The molecule has 3 N–H and O–H groups in total. The van der Waals surface area contributed by atoms with E-state index >= 15 is 0 Å². The molecule has 1 heterocycles. The highest BCUT2D eigenvalue weighted by Crippen LogP contribution is 2.12. The number of aliphatic hydroxyl groups is 1. The minimum atomic E-state index is -0.470. The Labute approximate surface area is 101 Å². The minimum Gasteiger partial charge on any atom is -0.392 e. The number of rotatable bonds is 3. The number of carbonyl (C=O) groups is 2. The molecule has 98 valence electrons. The predicted molar refractivity (Wildman–Crippen MR) is 63.5 cm³/mol. The summed E-state index contributed by atoms with van der Waals surface area (Å²) >= 11 is 0. The van der Waals surface area contributed by atoms with E-state index in [-0.39, 0.29) is 12.0 Å². The predicted octanol–water partition coefficient (Wildman–Crippen LogP) is -0.323. The minimum absolute atomic E-state index is 0.329. The molecule has 1 aliphatic rings. The zero-order valence-electron chi connectivity index (χ0n) is 10.4. The molecule has 2 atom stereocenters. The van der Waals surface area contributed by atoms with E-state index in [2.05, 4.69) is 10.6 Å². The van der Waals surface area contributed by atoms with Gasteiger partial charge in [0.15, 0.2) is 0 Å². The second kappa shape index (κ2) is 6.56. The van der Waals surface area contributed by atoms with Gasteiger partial charge in [0.05, 0.1) is 12.1 Å². The third-order valence-electron chi connectivity index (χ3n) is 2.93. The molecule has 0 aromatic rings. The van der Waals surface area contributed by atoms with Crippen LogP contribution in [0.2, 0.25) is 0 Å². The first-order valence-electron chi connectivity index (χ1n) is 6.05. The van der Waals surface area contributed by atoms with E-state index in [1.807, 2.05) is 4.90 Å². The summed E-state index contributed by atoms with van der Waals surface area (Å²) in [5.74, 6) is -0.329. The zero-order chi connectivity index (χ0) is 12.8. The molecule has 0 bridgehead atoms. The summed E-state index contributed by atoms with van der Waals surface area (Å²) in [5.41, 5.74) is 0. The van der Waals surface area contributed by atoms with Crippen LogP contribution in [0.15, 0.2) is 0 Å². The summed E-state index contributed by atoms with van der Waals surface area (Å²) in [4.78, 5) is 24.8. The van der Waals surface area contributed by atoms with Gasteiger partial charge in [-0.3, -0.25) is 15.0 Å². The molecule has 0 aromatic heterocycles. The summed E-state index contributed by atoms with van der Waals surface area (Å²) < 4.78 is 0. The van der Waals surface area contributed by atoms with Crippen LogP contribution in [0.25, 0.3) is 0 Å². The van der Waals surface area contributed by atoms with Crippen LogP contribution in [0, 0.1) is 0 Å². The molecule has 6 nitrogen and oxygen atoms in total. The number of amides is 3. The highest BCUT2D eigenvalue weighted by molar-refractivity contribution is 5.96. The van der Waals surface area contributed by atoms with Crippen molar-refractivity contribution in [1.29, 1.82) is 0 Å². The fourth-order valence-corrected chi connectivity index (χ4v) is 1.92. The number of piperidine rings is 1. The van der Waals surface area contributed by atoms with Gasteiger partial charge in [-0.2, -0.15) is 0 Å². The van der Waals surface area contributed by atoms with Gasteiger partial charge in [-0.15, -0.1) is 0 Å². The Morgan fingerprint density at radius 1 is 1.53 bits per heavy atom. The third kappa shape index (κ3) is 4.32. The molecule has 0 saturated carbocycles. The Kier molecular flexibility index (Phi) is 5.37. The first-order valence-corrected chi connectivity index (χ1v) is 6.05. The number of nitrogens with zero attached hydrogens (tertiary/aromatic N) is 1. The van der Waals surface area contributed by atoms with Crippen LogP contribution >= 0.6 is 0 Å². The molecular formula is C11H21N3O3. The van der Waals surface area contributed by atoms with E-state index in [1.54, 1.807) is 13.8 Å². The number of carbonyl (C=O) groups excluding carboxylic acids is 2. The van der Waals surface area contributed by atoms with Crippen molar-refractivity contribution in [2.45, 2.75) is 38.8 Å². The topological polar surface area (TPSA) is 81.7 Å². The largest absolute Gasteiger partial charge is 0.392 e. The van der Waals surface area contributed by atoms with E-state index in [9.17, 15) is 14.7 Å². The molecule has 1 saturated heterocycles. The average molecular weight is 243 g/mol. The first-order chi connectivity index (χ1) is 8.04. The monoisotopic (exact) mass is 243 g/mol. The van der Waals surface area contributed by atoms with E-state index in [0.29, 0.717) is 13.1 Å². The normalized spacial score (nSPS) is 22.9. The molecule has 0 aliphatic carbocycles. The molecule has 17 heavy (non-hydrogen) atoms.